The van der Waals surface area contributed by atoms with Crippen LogP contribution in [0.3, 0.4) is 0 Å². The van der Waals surface area contributed by atoms with Crippen LogP contribution >= 0.6 is 0 Å². The second kappa shape index (κ2) is 6.67. The number of nitrogens with one attached hydrogen (secondary N) is 1. The van der Waals surface area contributed by atoms with Crippen LogP contribution in [-0.4, -0.2) is 29.3 Å². The summed E-state index contributed by atoms with van der Waals surface area (Å²) >= 11 is 0. The third kappa shape index (κ3) is 3.08. The summed E-state index contributed by atoms with van der Waals surface area (Å²) in [5.41, 5.74) is 1.91. The monoisotopic (exact) mass is 348 g/mol. The first kappa shape index (κ1) is 16.4. The maximum Gasteiger partial charge on any atom is 0.287 e. The van der Waals surface area contributed by atoms with Gasteiger partial charge >= 0.3 is 0 Å². The van der Waals surface area contributed by atoms with Crippen molar-refractivity contribution in [2.45, 2.75) is 25.9 Å². The molecular formula is C21H20N2O3. The number of carbonyl (C=O) groups is 2. The fourth-order valence-electron chi connectivity index (χ4n) is 3.51. The number of likely N-dealkylation sites (tertiary alicyclic amines) is 1. The predicted molar refractivity (Wildman–Crippen MR) is 98.7 cm³/mol. The zero-order chi connectivity index (χ0) is 18.1. The smallest absolute Gasteiger partial charge is 0.287 e. The molecule has 1 unspecified atom stereocenters. The molecule has 1 aliphatic rings. The van der Waals surface area contributed by atoms with Gasteiger partial charge in [-0.1, -0.05) is 42.5 Å². The van der Waals surface area contributed by atoms with Crippen molar-refractivity contribution in [1.82, 2.24) is 10.2 Å². The molecule has 1 N–H and O–H groups in total. The molecule has 0 spiro atoms. The fraction of sp³-hybridized carbons (Fsp3) is 0.238. The molecule has 1 fully saturated rings. The Labute approximate surface area is 151 Å². The van der Waals surface area contributed by atoms with Crippen molar-refractivity contribution in [2.75, 3.05) is 6.54 Å². The van der Waals surface area contributed by atoms with Crippen LogP contribution < -0.4 is 5.32 Å². The number of nitrogens with zero attached hydrogens (tertiary/aromatic N) is 1. The molecule has 5 nitrogen and oxygen atoms in total. The first-order valence-corrected chi connectivity index (χ1v) is 8.71. The number of hydrogen-bond acceptors (Lipinski definition) is 3. The maximum absolute atomic E-state index is 12.4. The van der Waals surface area contributed by atoms with Gasteiger partial charge in [0, 0.05) is 25.1 Å². The van der Waals surface area contributed by atoms with Gasteiger partial charge in [-0.2, -0.15) is 0 Å². The largest absolute Gasteiger partial charge is 0.459 e. The van der Waals surface area contributed by atoms with Crippen molar-refractivity contribution in [2.24, 2.45) is 0 Å². The minimum atomic E-state index is -0.266. The summed E-state index contributed by atoms with van der Waals surface area (Å²) in [5, 5.41) is 5.23. The van der Waals surface area contributed by atoms with Gasteiger partial charge in [0.15, 0.2) is 5.76 Å². The molecule has 26 heavy (non-hydrogen) atoms. The van der Waals surface area contributed by atoms with E-state index in [0.29, 0.717) is 25.3 Å². The highest BCUT2D eigenvalue weighted by atomic mass is 16.3. The highest BCUT2D eigenvalue weighted by molar-refractivity contribution is 5.94. The van der Waals surface area contributed by atoms with Gasteiger partial charge in [-0.25, -0.2) is 0 Å². The average Bonchev–Trinajstić information content (AvgIpc) is 3.21. The Hall–Kier alpha value is -3.08. The van der Waals surface area contributed by atoms with E-state index >= 15 is 0 Å². The van der Waals surface area contributed by atoms with Crippen LogP contribution in [0.15, 0.2) is 59.2 Å². The molecule has 0 bridgehead atoms. The van der Waals surface area contributed by atoms with Crippen LogP contribution in [0.25, 0.3) is 10.8 Å². The Morgan fingerprint density at radius 1 is 1.19 bits per heavy atom. The second-order valence-corrected chi connectivity index (χ2v) is 6.72. The lowest BCUT2D eigenvalue weighted by Gasteiger charge is -2.18. The van der Waals surface area contributed by atoms with Crippen LogP contribution in [0.2, 0.25) is 0 Å². The summed E-state index contributed by atoms with van der Waals surface area (Å²) in [6.45, 7) is 2.88. The van der Waals surface area contributed by atoms with Gasteiger partial charge in [-0.15, -0.1) is 0 Å². The molecule has 0 aliphatic carbocycles. The summed E-state index contributed by atoms with van der Waals surface area (Å²) < 4.78 is 5.22. The van der Waals surface area contributed by atoms with E-state index in [-0.39, 0.29) is 17.9 Å². The van der Waals surface area contributed by atoms with E-state index < -0.39 is 0 Å². The average molecular weight is 348 g/mol. The molecule has 1 aromatic heterocycles. The van der Waals surface area contributed by atoms with Crippen LogP contribution in [0.4, 0.5) is 0 Å². The Bertz CT molecular complexity index is 971. The fourth-order valence-corrected chi connectivity index (χ4v) is 3.51. The number of fused-ring (bicyclic) bond motifs is 1. The van der Waals surface area contributed by atoms with Crippen molar-refractivity contribution in [3.63, 3.8) is 0 Å². The van der Waals surface area contributed by atoms with E-state index in [2.05, 4.69) is 23.5 Å². The molecule has 0 saturated carbocycles. The van der Waals surface area contributed by atoms with Gasteiger partial charge < -0.3 is 14.6 Å². The Morgan fingerprint density at radius 2 is 2.00 bits per heavy atom. The van der Waals surface area contributed by atoms with Gasteiger partial charge in [0.25, 0.3) is 5.91 Å². The van der Waals surface area contributed by atoms with E-state index in [1.54, 1.807) is 6.07 Å². The molecule has 132 valence electrons. The number of hydrogen-bond donors (Lipinski definition) is 1. The lowest BCUT2D eigenvalue weighted by molar-refractivity contribution is -0.128. The van der Waals surface area contributed by atoms with Crippen LogP contribution in [0.1, 0.15) is 28.1 Å². The highest BCUT2D eigenvalue weighted by Crippen LogP contribution is 2.22. The molecule has 2 aromatic carbocycles. The summed E-state index contributed by atoms with van der Waals surface area (Å²) in [5.74, 6) is 0.0988. The summed E-state index contributed by atoms with van der Waals surface area (Å²) in [6, 6.07) is 15.8. The van der Waals surface area contributed by atoms with Crippen molar-refractivity contribution in [3.8, 4) is 0 Å². The Balaban J connectivity index is 1.46. The van der Waals surface area contributed by atoms with Gasteiger partial charge in [-0.05, 0) is 29.3 Å². The number of benzene rings is 2. The molecule has 2 amide bonds. The van der Waals surface area contributed by atoms with Crippen molar-refractivity contribution < 1.29 is 14.0 Å². The minimum Gasteiger partial charge on any atom is -0.459 e. The first-order chi connectivity index (χ1) is 12.6. The van der Waals surface area contributed by atoms with Crippen LogP contribution in [-0.2, 0) is 11.3 Å². The van der Waals surface area contributed by atoms with Crippen molar-refractivity contribution in [3.05, 3.63) is 71.7 Å². The SMILES string of the molecule is Cc1ccoc1C(=O)NC1CC(=O)N(Cc2cccc3ccccc23)C1. The minimum absolute atomic E-state index is 0.0550. The molecule has 3 aromatic rings. The van der Waals surface area contributed by atoms with Crippen LogP contribution in [0, 0.1) is 6.92 Å². The summed E-state index contributed by atoms with van der Waals surface area (Å²) in [6.07, 6.45) is 1.81. The lowest BCUT2D eigenvalue weighted by atomic mass is 10.0. The third-order valence-corrected chi connectivity index (χ3v) is 4.86. The third-order valence-electron chi connectivity index (χ3n) is 4.86. The molecule has 0 radical (unpaired) electrons. The number of amides is 2. The van der Waals surface area contributed by atoms with Crippen molar-refractivity contribution >= 4 is 22.6 Å². The molecule has 1 aliphatic heterocycles. The molecular weight excluding hydrogens is 328 g/mol. The molecule has 2 heterocycles. The van der Waals surface area contributed by atoms with Crippen molar-refractivity contribution in [1.29, 1.82) is 0 Å². The quantitative estimate of drug-likeness (QED) is 0.787. The highest BCUT2D eigenvalue weighted by Gasteiger charge is 2.31. The Kier molecular flexibility index (Phi) is 4.21. The zero-order valence-corrected chi connectivity index (χ0v) is 14.6. The topological polar surface area (TPSA) is 62.6 Å². The van der Waals surface area contributed by atoms with E-state index in [1.165, 1.54) is 6.26 Å². The van der Waals surface area contributed by atoms with Gasteiger partial charge in [0.2, 0.25) is 5.91 Å². The Morgan fingerprint density at radius 3 is 2.81 bits per heavy atom. The molecule has 1 atom stereocenters. The molecule has 1 saturated heterocycles. The van der Waals surface area contributed by atoms with Gasteiger partial charge in [-0.3, -0.25) is 9.59 Å². The maximum atomic E-state index is 12.4. The second-order valence-electron chi connectivity index (χ2n) is 6.72. The number of rotatable bonds is 4. The van der Waals surface area contributed by atoms with E-state index in [4.69, 9.17) is 4.42 Å². The number of carbonyl (C=O) groups excluding carboxylic acids is 2. The standard InChI is InChI=1S/C21H20N2O3/c1-14-9-10-26-20(14)21(25)22-17-11-19(24)23(13-17)12-16-7-4-6-15-5-2-3-8-18(15)16/h2-10,17H,11-13H2,1H3,(H,22,25). The number of furan rings is 1. The predicted octanol–water partition coefficient (Wildman–Crippen LogP) is 3.27. The zero-order valence-electron chi connectivity index (χ0n) is 14.6. The van der Waals surface area contributed by atoms with E-state index in [9.17, 15) is 9.59 Å². The van der Waals surface area contributed by atoms with Gasteiger partial charge in [0.1, 0.15) is 0 Å². The van der Waals surface area contributed by atoms with E-state index in [0.717, 1.165) is 21.9 Å². The van der Waals surface area contributed by atoms with Crippen LogP contribution in [0.5, 0.6) is 0 Å². The molecule has 4 rings (SSSR count). The molecule has 5 heteroatoms. The normalized spacial score (nSPS) is 17.0. The van der Waals surface area contributed by atoms with Gasteiger partial charge in [0.05, 0.1) is 12.3 Å². The van der Waals surface area contributed by atoms with E-state index in [1.807, 2.05) is 36.1 Å². The summed E-state index contributed by atoms with van der Waals surface area (Å²) in [4.78, 5) is 26.5. The number of aryl methyl sites for hydroxylation is 1. The lowest BCUT2D eigenvalue weighted by Crippen LogP contribution is -2.37. The first-order valence-electron chi connectivity index (χ1n) is 8.71. The summed E-state index contributed by atoms with van der Waals surface area (Å²) in [7, 11) is 0.